The highest BCUT2D eigenvalue weighted by atomic mass is 32.1. The lowest BCUT2D eigenvalue weighted by Crippen LogP contribution is -2.09. The minimum absolute atomic E-state index is 0.431. The number of benzene rings is 2. The van der Waals surface area contributed by atoms with Crippen molar-refractivity contribution in [1.29, 1.82) is 0 Å². The zero-order valence-corrected chi connectivity index (χ0v) is 11.1. The van der Waals surface area contributed by atoms with Gasteiger partial charge < -0.3 is 11.1 Å². The van der Waals surface area contributed by atoms with Crippen LogP contribution in [0, 0.1) is 6.92 Å². The van der Waals surface area contributed by atoms with Crippen molar-refractivity contribution in [3.05, 3.63) is 65.2 Å². The number of hydrogen-bond acceptors (Lipinski definition) is 2. The molecular weight excluding hydrogens is 240 g/mol. The zero-order chi connectivity index (χ0) is 13.0. The topological polar surface area (TPSA) is 38.0 Å². The summed E-state index contributed by atoms with van der Waals surface area (Å²) in [5, 5.41) is 3.38. The number of rotatable bonds is 4. The van der Waals surface area contributed by atoms with Crippen LogP contribution in [0.4, 0.5) is 5.69 Å². The lowest BCUT2D eigenvalue weighted by molar-refractivity contribution is 1.12. The Hall–Kier alpha value is -1.87. The van der Waals surface area contributed by atoms with Gasteiger partial charge in [-0.15, -0.1) is 0 Å². The van der Waals surface area contributed by atoms with Crippen LogP contribution in [0.15, 0.2) is 48.5 Å². The molecule has 0 aliphatic heterocycles. The predicted octanol–water partition coefficient (Wildman–Crippen LogP) is 3.24. The van der Waals surface area contributed by atoms with E-state index in [0.717, 1.165) is 17.8 Å². The van der Waals surface area contributed by atoms with E-state index in [1.54, 1.807) is 0 Å². The van der Waals surface area contributed by atoms with Gasteiger partial charge in [0.2, 0.25) is 0 Å². The third-order valence-corrected chi connectivity index (χ3v) is 3.15. The summed E-state index contributed by atoms with van der Waals surface area (Å²) < 4.78 is 0. The number of hydrogen-bond donors (Lipinski definition) is 2. The summed E-state index contributed by atoms with van der Waals surface area (Å²) in [4.78, 5) is 0.431. The van der Waals surface area contributed by atoms with E-state index < -0.39 is 0 Å². The van der Waals surface area contributed by atoms with Crippen LogP contribution in [0.25, 0.3) is 0 Å². The molecular formula is C15H16N2S. The van der Waals surface area contributed by atoms with E-state index in [4.69, 9.17) is 18.0 Å². The van der Waals surface area contributed by atoms with Crippen LogP contribution < -0.4 is 11.1 Å². The molecule has 0 aromatic heterocycles. The molecule has 0 saturated heterocycles. The number of anilines is 1. The summed E-state index contributed by atoms with van der Waals surface area (Å²) >= 11 is 4.92. The molecule has 0 aliphatic carbocycles. The van der Waals surface area contributed by atoms with E-state index in [9.17, 15) is 0 Å². The van der Waals surface area contributed by atoms with Crippen LogP contribution in [0.2, 0.25) is 0 Å². The monoisotopic (exact) mass is 256 g/mol. The van der Waals surface area contributed by atoms with Gasteiger partial charge in [-0.05, 0) is 42.3 Å². The molecule has 3 N–H and O–H groups in total. The highest BCUT2D eigenvalue weighted by molar-refractivity contribution is 7.80. The van der Waals surface area contributed by atoms with Gasteiger partial charge in [0.15, 0.2) is 0 Å². The van der Waals surface area contributed by atoms with Crippen molar-refractivity contribution in [2.45, 2.75) is 13.5 Å². The van der Waals surface area contributed by atoms with Crippen molar-refractivity contribution in [2.75, 3.05) is 5.32 Å². The number of nitrogens with two attached hydrogens (primary N) is 1. The van der Waals surface area contributed by atoms with Crippen molar-refractivity contribution in [1.82, 2.24) is 0 Å². The molecule has 0 amide bonds. The smallest absolute Gasteiger partial charge is 0.103 e. The van der Waals surface area contributed by atoms with Crippen LogP contribution >= 0.6 is 12.2 Å². The van der Waals surface area contributed by atoms with Crippen LogP contribution in [0.3, 0.4) is 0 Å². The predicted molar refractivity (Wildman–Crippen MR) is 80.8 cm³/mol. The molecule has 0 unspecified atom stereocenters. The van der Waals surface area contributed by atoms with Crippen molar-refractivity contribution >= 4 is 22.9 Å². The number of nitrogens with one attached hydrogen (secondary N) is 1. The Morgan fingerprint density at radius 2 is 1.78 bits per heavy atom. The van der Waals surface area contributed by atoms with Crippen molar-refractivity contribution < 1.29 is 0 Å². The Balaban J connectivity index is 2.02. The Kier molecular flexibility index (Phi) is 3.95. The molecule has 0 heterocycles. The quantitative estimate of drug-likeness (QED) is 0.825. The Morgan fingerprint density at radius 3 is 2.39 bits per heavy atom. The zero-order valence-electron chi connectivity index (χ0n) is 10.3. The molecule has 2 aromatic carbocycles. The normalized spacial score (nSPS) is 10.1. The highest BCUT2D eigenvalue weighted by Crippen LogP contribution is 2.13. The molecule has 0 atom stereocenters. The molecule has 0 fully saturated rings. The van der Waals surface area contributed by atoms with E-state index in [0.29, 0.717) is 4.99 Å². The molecule has 0 spiro atoms. The van der Waals surface area contributed by atoms with Crippen LogP contribution in [0.1, 0.15) is 16.7 Å². The first-order valence-electron chi connectivity index (χ1n) is 5.85. The number of aryl methyl sites for hydroxylation is 1. The Bertz CT molecular complexity index is 547. The molecule has 92 valence electrons. The van der Waals surface area contributed by atoms with Gasteiger partial charge in [0.25, 0.3) is 0 Å². The minimum Gasteiger partial charge on any atom is -0.389 e. The van der Waals surface area contributed by atoms with E-state index in [1.165, 1.54) is 11.1 Å². The lowest BCUT2D eigenvalue weighted by atomic mass is 10.1. The highest BCUT2D eigenvalue weighted by Gasteiger charge is 1.98. The Labute approximate surface area is 113 Å². The largest absolute Gasteiger partial charge is 0.389 e. The molecule has 0 radical (unpaired) electrons. The fourth-order valence-corrected chi connectivity index (χ4v) is 1.89. The van der Waals surface area contributed by atoms with Gasteiger partial charge in [0.05, 0.1) is 0 Å². The molecule has 0 bridgehead atoms. The Morgan fingerprint density at radius 1 is 1.11 bits per heavy atom. The fraction of sp³-hybridized carbons (Fsp3) is 0.133. The summed E-state index contributed by atoms with van der Waals surface area (Å²) in [5.41, 5.74) is 10.1. The first kappa shape index (κ1) is 12.6. The van der Waals surface area contributed by atoms with Crippen LogP contribution in [-0.2, 0) is 6.54 Å². The maximum atomic E-state index is 5.56. The molecule has 18 heavy (non-hydrogen) atoms. The molecule has 0 saturated carbocycles. The maximum Gasteiger partial charge on any atom is 0.103 e. The van der Waals surface area contributed by atoms with Gasteiger partial charge in [-0.1, -0.05) is 36.5 Å². The lowest BCUT2D eigenvalue weighted by Gasteiger charge is -2.09. The molecule has 0 aliphatic rings. The van der Waals surface area contributed by atoms with Gasteiger partial charge in [0.1, 0.15) is 4.99 Å². The first-order chi connectivity index (χ1) is 8.66. The first-order valence-corrected chi connectivity index (χ1v) is 6.26. The average molecular weight is 256 g/mol. The summed E-state index contributed by atoms with van der Waals surface area (Å²) in [6.07, 6.45) is 0. The molecule has 2 aromatic rings. The average Bonchev–Trinajstić information content (AvgIpc) is 2.38. The summed E-state index contributed by atoms with van der Waals surface area (Å²) in [6.45, 7) is 2.94. The van der Waals surface area contributed by atoms with Gasteiger partial charge in [-0.3, -0.25) is 0 Å². The van der Waals surface area contributed by atoms with Crippen LogP contribution in [0.5, 0.6) is 0 Å². The summed E-state index contributed by atoms with van der Waals surface area (Å²) in [6, 6.07) is 16.2. The van der Waals surface area contributed by atoms with E-state index >= 15 is 0 Å². The summed E-state index contributed by atoms with van der Waals surface area (Å²) in [7, 11) is 0. The van der Waals surface area contributed by atoms with Gasteiger partial charge >= 0.3 is 0 Å². The van der Waals surface area contributed by atoms with Gasteiger partial charge in [-0.25, -0.2) is 0 Å². The standard InChI is InChI=1S/C15H16N2S/c1-11-4-2-3-5-13(11)10-17-14-8-6-12(7-9-14)15(16)18/h2-9,17H,10H2,1H3,(H2,16,18). The van der Waals surface area contributed by atoms with E-state index in [-0.39, 0.29) is 0 Å². The van der Waals surface area contributed by atoms with E-state index in [2.05, 4.69) is 36.5 Å². The molecule has 3 heteroatoms. The van der Waals surface area contributed by atoms with Crippen molar-refractivity contribution in [3.63, 3.8) is 0 Å². The summed E-state index contributed by atoms with van der Waals surface area (Å²) in [5.74, 6) is 0. The minimum atomic E-state index is 0.431. The number of thiocarbonyl (C=S) groups is 1. The molecule has 2 nitrogen and oxygen atoms in total. The second kappa shape index (κ2) is 5.65. The SMILES string of the molecule is Cc1ccccc1CNc1ccc(C(N)=S)cc1. The fourth-order valence-electron chi connectivity index (χ4n) is 1.76. The van der Waals surface area contributed by atoms with Gasteiger partial charge in [-0.2, -0.15) is 0 Å². The second-order valence-electron chi connectivity index (χ2n) is 4.22. The third-order valence-electron chi connectivity index (χ3n) is 2.91. The van der Waals surface area contributed by atoms with Gasteiger partial charge in [0, 0.05) is 17.8 Å². The van der Waals surface area contributed by atoms with Crippen molar-refractivity contribution in [3.8, 4) is 0 Å². The van der Waals surface area contributed by atoms with E-state index in [1.807, 2.05) is 24.3 Å². The maximum absolute atomic E-state index is 5.56. The van der Waals surface area contributed by atoms with Crippen molar-refractivity contribution in [2.24, 2.45) is 5.73 Å². The molecule has 2 rings (SSSR count). The second-order valence-corrected chi connectivity index (χ2v) is 4.66. The van der Waals surface area contributed by atoms with Crippen LogP contribution in [-0.4, -0.2) is 4.99 Å². The third kappa shape index (κ3) is 3.08.